The molecule has 55 heavy (non-hydrogen) atoms. The van der Waals surface area contributed by atoms with Crippen molar-refractivity contribution in [3.05, 3.63) is 35.9 Å². The molecule has 3 N–H and O–H groups in total. The highest BCUT2D eigenvalue weighted by Gasteiger charge is 2.32. The van der Waals surface area contributed by atoms with Crippen molar-refractivity contribution >= 4 is 5.91 Å². The van der Waals surface area contributed by atoms with Crippen LogP contribution in [0.5, 0.6) is 0 Å². The first-order chi connectivity index (χ1) is 27.0. The minimum Gasteiger partial charge on any atom is -0.394 e. The van der Waals surface area contributed by atoms with Gasteiger partial charge in [0.15, 0.2) is 5.72 Å². The van der Waals surface area contributed by atoms with Gasteiger partial charge in [0.25, 0.3) is 0 Å². The number of hydrogen-bond acceptors (Lipinski definition) is 7. The molecule has 1 unspecified atom stereocenters. The van der Waals surface area contributed by atoms with Crippen LogP contribution in [0.3, 0.4) is 0 Å². The van der Waals surface area contributed by atoms with Gasteiger partial charge >= 0.3 is 0 Å². The number of benzene rings is 1. The van der Waals surface area contributed by atoms with Gasteiger partial charge in [0.2, 0.25) is 5.91 Å². The number of nitrogens with one attached hydrogen (secondary N) is 1. The first kappa shape index (κ1) is 51.5. The van der Waals surface area contributed by atoms with Gasteiger partial charge in [-0.2, -0.15) is 0 Å². The van der Waals surface area contributed by atoms with Crippen LogP contribution in [0.4, 0.5) is 0 Å². The SMILES string of the molecule is CCCCCCCCCCCCCCC(CCCCCCCCCCCCCC)C(=O)NC(O)(COCCOCCOCCOCCO)Cc1ccccc1. The largest absolute Gasteiger partial charge is 0.394 e. The van der Waals surface area contributed by atoms with Gasteiger partial charge in [-0.05, 0) is 18.4 Å². The topological polar surface area (TPSA) is 106 Å². The normalized spacial score (nSPS) is 12.7. The summed E-state index contributed by atoms with van der Waals surface area (Å²) in [5, 5.41) is 23.7. The standard InChI is InChI=1S/C47H87NO7/c1-3-5-7-9-11-13-15-17-19-21-23-28-32-45(33-29-24-22-20-18-16-14-12-10-8-6-4-2)46(50)48-47(51,42-44-30-26-25-27-31-44)43-55-41-40-54-39-38-53-37-36-52-35-34-49/h25-27,30-31,45,49,51H,3-24,28-29,32-43H2,1-2H3,(H,48,50). The molecule has 1 aromatic rings. The Morgan fingerprint density at radius 3 is 1.31 bits per heavy atom. The molecule has 322 valence electrons. The lowest BCUT2D eigenvalue weighted by molar-refractivity contribution is -0.139. The predicted octanol–water partition coefficient (Wildman–Crippen LogP) is 10.9. The number of aliphatic hydroxyl groups excluding tert-OH is 1. The number of unbranched alkanes of at least 4 members (excludes halogenated alkanes) is 22. The molecule has 0 bridgehead atoms. The number of amides is 1. The predicted molar refractivity (Wildman–Crippen MR) is 228 cm³/mol. The Morgan fingerprint density at radius 1 is 0.545 bits per heavy atom. The monoisotopic (exact) mass is 778 g/mol. The van der Waals surface area contributed by atoms with Gasteiger partial charge in [-0.15, -0.1) is 0 Å². The number of carbonyl (C=O) groups is 1. The number of hydrogen-bond donors (Lipinski definition) is 3. The van der Waals surface area contributed by atoms with Crippen LogP contribution in [-0.4, -0.2) is 81.3 Å². The second kappa shape index (κ2) is 39.3. The fraction of sp³-hybridized carbons (Fsp3) is 0.851. The maximum absolute atomic E-state index is 13.9. The van der Waals surface area contributed by atoms with Crippen LogP contribution in [0.1, 0.15) is 186 Å². The van der Waals surface area contributed by atoms with Crippen LogP contribution in [0, 0.1) is 5.92 Å². The fourth-order valence-electron chi connectivity index (χ4n) is 7.23. The summed E-state index contributed by atoms with van der Waals surface area (Å²) in [4.78, 5) is 13.9. The maximum atomic E-state index is 13.9. The first-order valence-corrected chi connectivity index (χ1v) is 23.0. The van der Waals surface area contributed by atoms with E-state index in [9.17, 15) is 9.90 Å². The summed E-state index contributed by atoms with van der Waals surface area (Å²) in [5.41, 5.74) is -0.565. The number of carbonyl (C=O) groups excluding carboxylic acids is 1. The third kappa shape index (κ3) is 33.2. The van der Waals surface area contributed by atoms with Crippen LogP contribution in [0.15, 0.2) is 30.3 Å². The van der Waals surface area contributed by atoms with E-state index in [-0.39, 0.29) is 31.5 Å². The van der Waals surface area contributed by atoms with Crippen LogP contribution in [0.2, 0.25) is 0 Å². The van der Waals surface area contributed by atoms with Crippen LogP contribution >= 0.6 is 0 Å². The Morgan fingerprint density at radius 2 is 0.909 bits per heavy atom. The smallest absolute Gasteiger partial charge is 0.225 e. The average Bonchev–Trinajstić information content (AvgIpc) is 3.18. The molecule has 0 saturated heterocycles. The molecule has 1 rings (SSSR count). The summed E-state index contributed by atoms with van der Waals surface area (Å²) < 4.78 is 22.2. The van der Waals surface area contributed by atoms with Gasteiger partial charge in [0.05, 0.1) is 59.5 Å². The number of ether oxygens (including phenoxy) is 4. The van der Waals surface area contributed by atoms with Crippen molar-refractivity contribution in [2.75, 3.05) is 59.5 Å². The van der Waals surface area contributed by atoms with E-state index in [0.29, 0.717) is 46.2 Å². The molecule has 0 heterocycles. The third-order valence-electron chi connectivity index (χ3n) is 10.6. The Kier molecular flexibility index (Phi) is 36.8. The van der Waals surface area contributed by atoms with E-state index < -0.39 is 5.72 Å². The number of aliphatic hydroxyl groups is 2. The minimum atomic E-state index is -1.51. The van der Waals surface area contributed by atoms with Crippen LogP contribution < -0.4 is 5.32 Å². The van der Waals surface area contributed by atoms with Crippen molar-refractivity contribution in [1.82, 2.24) is 5.32 Å². The van der Waals surface area contributed by atoms with Crippen molar-refractivity contribution in [2.45, 2.75) is 193 Å². The summed E-state index contributed by atoms with van der Waals surface area (Å²) in [6.45, 7) is 7.27. The molecule has 0 radical (unpaired) electrons. The number of rotatable bonds is 43. The van der Waals surface area contributed by atoms with E-state index in [0.717, 1.165) is 31.2 Å². The molecular weight excluding hydrogens is 691 g/mol. The van der Waals surface area contributed by atoms with Gasteiger partial charge in [-0.3, -0.25) is 4.79 Å². The van der Waals surface area contributed by atoms with E-state index in [1.807, 2.05) is 30.3 Å². The third-order valence-corrected chi connectivity index (χ3v) is 10.6. The Balaban J connectivity index is 2.59. The lowest BCUT2D eigenvalue weighted by Gasteiger charge is -2.31. The minimum absolute atomic E-state index is 0.00674. The van der Waals surface area contributed by atoms with Gasteiger partial charge < -0.3 is 34.5 Å². The van der Waals surface area contributed by atoms with E-state index >= 15 is 0 Å². The molecule has 8 nitrogen and oxygen atoms in total. The zero-order chi connectivity index (χ0) is 39.8. The molecule has 1 amide bonds. The Hall–Kier alpha value is -1.55. The summed E-state index contributed by atoms with van der Waals surface area (Å²) in [6.07, 6.45) is 33.2. The summed E-state index contributed by atoms with van der Waals surface area (Å²) in [5.74, 6) is -0.157. The fourth-order valence-corrected chi connectivity index (χ4v) is 7.23. The Labute approximate surface area is 338 Å². The highest BCUT2D eigenvalue weighted by molar-refractivity contribution is 5.79. The van der Waals surface area contributed by atoms with Crippen LogP contribution in [0.25, 0.3) is 0 Å². The summed E-state index contributed by atoms with van der Waals surface area (Å²) in [7, 11) is 0. The molecule has 0 aliphatic rings. The zero-order valence-electron chi connectivity index (χ0n) is 35.9. The lowest BCUT2D eigenvalue weighted by atomic mass is 9.92. The summed E-state index contributed by atoms with van der Waals surface area (Å²) in [6, 6.07) is 9.82. The molecule has 0 aliphatic carbocycles. The Bertz CT molecular complexity index is 907. The zero-order valence-corrected chi connectivity index (χ0v) is 35.9. The molecule has 0 aromatic heterocycles. The van der Waals surface area contributed by atoms with Crippen molar-refractivity contribution in [2.24, 2.45) is 5.92 Å². The van der Waals surface area contributed by atoms with Gasteiger partial charge in [-0.1, -0.05) is 198 Å². The second-order valence-electron chi connectivity index (χ2n) is 15.8. The highest BCUT2D eigenvalue weighted by Crippen LogP contribution is 2.22. The van der Waals surface area contributed by atoms with E-state index in [1.165, 1.54) is 141 Å². The highest BCUT2D eigenvalue weighted by atomic mass is 16.6. The molecule has 1 aromatic carbocycles. The molecular formula is C47H87NO7. The second-order valence-corrected chi connectivity index (χ2v) is 15.8. The maximum Gasteiger partial charge on any atom is 0.225 e. The molecule has 0 saturated carbocycles. The van der Waals surface area contributed by atoms with Crippen molar-refractivity contribution in [1.29, 1.82) is 0 Å². The van der Waals surface area contributed by atoms with Gasteiger partial charge in [0.1, 0.15) is 0 Å². The average molecular weight is 778 g/mol. The molecule has 8 heteroatoms. The lowest BCUT2D eigenvalue weighted by Crippen LogP contribution is -2.55. The quantitative estimate of drug-likeness (QED) is 0.0448. The van der Waals surface area contributed by atoms with Crippen molar-refractivity contribution in [3.63, 3.8) is 0 Å². The van der Waals surface area contributed by atoms with Crippen LogP contribution in [-0.2, 0) is 30.2 Å². The summed E-state index contributed by atoms with van der Waals surface area (Å²) >= 11 is 0. The van der Waals surface area contributed by atoms with Gasteiger partial charge in [0, 0.05) is 12.3 Å². The van der Waals surface area contributed by atoms with Crippen molar-refractivity contribution < 1.29 is 34.0 Å². The molecule has 1 atom stereocenters. The molecule has 0 fully saturated rings. The molecule has 0 aliphatic heterocycles. The van der Waals surface area contributed by atoms with E-state index in [2.05, 4.69) is 19.2 Å². The van der Waals surface area contributed by atoms with Gasteiger partial charge in [-0.25, -0.2) is 0 Å². The first-order valence-electron chi connectivity index (χ1n) is 23.0. The van der Waals surface area contributed by atoms with Crippen molar-refractivity contribution in [3.8, 4) is 0 Å². The van der Waals surface area contributed by atoms with E-state index in [4.69, 9.17) is 24.1 Å². The molecule has 0 spiro atoms. The van der Waals surface area contributed by atoms with E-state index in [1.54, 1.807) is 0 Å².